The van der Waals surface area contributed by atoms with Gasteiger partial charge in [0, 0.05) is 48.3 Å². The van der Waals surface area contributed by atoms with Crippen molar-refractivity contribution in [1.82, 2.24) is 19.2 Å². The van der Waals surface area contributed by atoms with E-state index in [2.05, 4.69) is 9.62 Å². The van der Waals surface area contributed by atoms with E-state index in [1.54, 1.807) is 6.07 Å². The summed E-state index contributed by atoms with van der Waals surface area (Å²) in [5.74, 6) is 0. The van der Waals surface area contributed by atoms with Gasteiger partial charge in [0.15, 0.2) is 0 Å². The predicted octanol–water partition coefficient (Wildman–Crippen LogP) is 3.78. The third-order valence-electron chi connectivity index (χ3n) is 5.69. The van der Waals surface area contributed by atoms with Crippen LogP contribution >= 0.6 is 22.9 Å². The molecule has 1 aliphatic heterocycles. The Balaban J connectivity index is 1.46. The molecule has 7 nitrogen and oxygen atoms in total. The lowest BCUT2D eigenvalue weighted by Gasteiger charge is -2.26. The molecule has 3 heterocycles. The fourth-order valence-corrected chi connectivity index (χ4v) is 6.07. The van der Waals surface area contributed by atoms with Crippen LogP contribution in [0.1, 0.15) is 12.1 Å². The van der Waals surface area contributed by atoms with Crippen LogP contribution in [-0.2, 0) is 21.8 Å². The highest BCUT2D eigenvalue weighted by Gasteiger charge is 2.23. The Bertz CT molecular complexity index is 1170. The van der Waals surface area contributed by atoms with Gasteiger partial charge in [-0.3, -0.25) is 4.90 Å². The number of aromatic nitrogens is 2. The summed E-state index contributed by atoms with van der Waals surface area (Å²) in [6.07, 6.45) is 0.759. The Morgan fingerprint density at radius 2 is 1.94 bits per heavy atom. The molecule has 0 saturated carbocycles. The fourth-order valence-electron chi connectivity index (χ4n) is 3.70. The molecular formula is C22H27ClN4O3S2. The van der Waals surface area contributed by atoms with Crippen LogP contribution in [0.4, 0.5) is 0 Å². The number of halogens is 1. The maximum absolute atomic E-state index is 13.0. The quantitative estimate of drug-likeness (QED) is 0.482. The van der Waals surface area contributed by atoms with Crippen LogP contribution in [0.5, 0.6) is 0 Å². The topological polar surface area (TPSA) is 76.5 Å². The largest absolute Gasteiger partial charge is 0.379 e. The summed E-state index contributed by atoms with van der Waals surface area (Å²) in [5, 5.41) is 3.42. The van der Waals surface area contributed by atoms with Crippen LogP contribution < -0.4 is 4.72 Å². The number of ether oxygens (including phenoxy) is 1. The molecule has 32 heavy (non-hydrogen) atoms. The average molecular weight is 495 g/mol. The van der Waals surface area contributed by atoms with E-state index < -0.39 is 10.0 Å². The van der Waals surface area contributed by atoms with Crippen molar-refractivity contribution in [3.63, 3.8) is 0 Å². The fraction of sp³-hybridized carbons (Fsp3) is 0.409. The van der Waals surface area contributed by atoms with E-state index in [1.165, 1.54) is 11.3 Å². The Labute approximate surface area is 198 Å². The number of nitrogens with zero attached hydrogens (tertiary/aromatic N) is 3. The van der Waals surface area contributed by atoms with E-state index in [9.17, 15) is 8.42 Å². The Hall–Kier alpha value is -1.75. The molecule has 2 aromatic heterocycles. The van der Waals surface area contributed by atoms with E-state index in [1.807, 2.05) is 48.2 Å². The summed E-state index contributed by atoms with van der Waals surface area (Å²) < 4.78 is 35.9. The Morgan fingerprint density at radius 3 is 2.66 bits per heavy atom. The third-order valence-corrected chi connectivity index (χ3v) is 8.38. The minimum absolute atomic E-state index is 0.296. The van der Waals surface area contributed by atoms with Crippen LogP contribution in [0.2, 0.25) is 5.02 Å². The second kappa shape index (κ2) is 10.0. The number of benzene rings is 1. The van der Waals surface area contributed by atoms with Crippen LogP contribution in [0.25, 0.3) is 22.0 Å². The lowest BCUT2D eigenvalue weighted by molar-refractivity contribution is 0.0376. The highest BCUT2D eigenvalue weighted by Crippen LogP contribution is 2.32. The average Bonchev–Trinajstić information content (AvgIpc) is 3.38. The van der Waals surface area contributed by atoms with Crippen molar-refractivity contribution in [2.24, 2.45) is 7.05 Å². The maximum Gasteiger partial charge on any atom is 0.242 e. The number of hydrogen-bond acceptors (Lipinski definition) is 6. The van der Waals surface area contributed by atoms with Crippen molar-refractivity contribution in [2.75, 3.05) is 39.4 Å². The SMILES string of the molecule is Cc1c(S(=O)(=O)NCCCN2CCOCC2)cc(-c2nc(-c3ccc(Cl)cc3)cs2)n1C. The highest BCUT2D eigenvalue weighted by atomic mass is 35.5. The summed E-state index contributed by atoms with van der Waals surface area (Å²) in [6.45, 7) is 6.38. The number of nitrogens with one attached hydrogen (secondary N) is 1. The van der Waals surface area contributed by atoms with Crippen molar-refractivity contribution in [2.45, 2.75) is 18.2 Å². The number of rotatable bonds is 8. The van der Waals surface area contributed by atoms with Crippen LogP contribution in [0.3, 0.4) is 0 Å². The molecule has 0 bridgehead atoms. The number of hydrogen-bond donors (Lipinski definition) is 1. The van der Waals surface area contributed by atoms with E-state index in [0.29, 0.717) is 22.2 Å². The highest BCUT2D eigenvalue weighted by molar-refractivity contribution is 7.89. The van der Waals surface area contributed by atoms with Crippen molar-refractivity contribution in [1.29, 1.82) is 0 Å². The van der Waals surface area contributed by atoms with E-state index >= 15 is 0 Å². The molecular weight excluding hydrogens is 468 g/mol. The van der Waals surface area contributed by atoms with Crippen molar-refractivity contribution >= 4 is 33.0 Å². The normalized spacial score (nSPS) is 15.3. The monoisotopic (exact) mass is 494 g/mol. The second-order valence-corrected chi connectivity index (χ2v) is 10.8. The molecule has 0 amide bonds. The number of morpholine rings is 1. The molecule has 1 saturated heterocycles. The second-order valence-electron chi connectivity index (χ2n) is 7.79. The van der Waals surface area contributed by atoms with E-state index in [-0.39, 0.29) is 0 Å². The molecule has 0 spiro atoms. The first kappa shape index (κ1) is 23.4. The first-order chi connectivity index (χ1) is 15.3. The molecule has 0 atom stereocenters. The molecule has 3 aromatic rings. The molecule has 0 unspecified atom stereocenters. The van der Waals surface area contributed by atoms with Gasteiger partial charge in [-0.05, 0) is 38.1 Å². The zero-order chi connectivity index (χ0) is 22.7. The molecule has 1 aliphatic rings. The summed E-state index contributed by atoms with van der Waals surface area (Å²) in [5.41, 5.74) is 3.27. The van der Waals surface area contributed by atoms with Gasteiger partial charge in [-0.15, -0.1) is 11.3 Å². The lowest BCUT2D eigenvalue weighted by atomic mass is 10.2. The minimum Gasteiger partial charge on any atom is -0.379 e. The Kier molecular flexibility index (Phi) is 7.34. The molecule has 0 aliphatic carbocycles. The van der Waals surface area contributed by atoms with Gasteiger partial charge in [-0.1, -0.05) is 23.7 Å². The third kappa shape index (κ3) is 5.24. The Morgan fingerprint density at radius 1 is 1.22 bits per heavy atom. The van der Waals surface area contributed by atoms with Gasteiger partial charge in [0.25, 0.3) is 0 Å². The van der Waals surface area contributed by atoms with Gasteiger partial charge in [0.1, 0.15) is 9.90 Å². The molecule has 0 radical (unpaired) electrons. The standard InChI is InChI=1S/C22H27ClN4O3S2/c1-16-21(32(28,29)24-8-3-9-27-10-12-30-13-11-27)14-20(26(16)2)22-25-19(15-31-22)17-4-6-18(23)7-5-17/h4-7,14-15,24H,3,8-13H2,1-2H3. The van der Waals surface area contributed by atoms with Gasteiger partial charge >= 0.3 is 0 Å². The first-order valence-electron chi connectivity index (χ1n) is 10.5. The van der Waals surface area contributed by atoms with Gasteiger partial charge in [0.05, 0.1) is 24.6 Å². The van der Waals surface area contributed by atoms with Crippen LogP contribution in [-0.4, -0.2) is 62.3 Å². The first-order valence-corrected chi connectivity index (χ1v) is 13.3. The van der Waals surface area contributed by atoms with E-state index in [0.717, 1.165) is 61.2 Å². The van der Waals surface area contributed by atoms with Gasteiger partial charge in [-0.25, -0.2) is 18.1 Å². The predicted molar refractivity (Wildman–Crippen MR) is 129 cm³/mol. The molecule has 1 N–H and O–H groups in total. The molecule has 172 valence electrons. The summed E-state index contributed by atoms with van der Waals surface area (Å²) in [4.78, 5) is 7.32. The lowest BCUT2D eigenvalue weighted by Crippen LogP contribution is -2.38. The zero-order valence-corrected chi connectivity index (χ0v) is 20.6. The molecule has 10 heteroatoms. The molecule has 4 rings (SSSR count). The summed E-state index contributed by atoms with van der Waals surface area (Å²) >= 11 is 7.47. The van der Waals surface area contributed by atoms with Gasteiger partial charge < -0.3 is 9.30 Å². The van der Waals surface area contributed by atoms with Gasteiger partial charge in [0.2, 0.25) is 10.0 Å². The van der Waals surface area contributed by atoms with Crippen molar-refractivity contribution in [3.8, 4) is 22.0 Å². The van der Waals surface area contributed by atoms with Crippen LogP contribution in [0, 0.1) is 6.92 Å². The number of thiazole rings is 1. The minimum atomic E-state index is -3.61. The molecule has 1 aromatic carbocycles. The van der Waals surface area contributed by atoms with Crippen molar-refractivity contribution in [3.05, 3.63) is 46.4 Å². The summed E-state index contributed by atoms with van der Waals surface area (Å²) in [7, 11) is -1.74. The van der Waals surface area contributed by atoms with Crippen LogP contribution in [0.15, 0.2) is 40.6 Å². The zero-order valence-electron chi connectivity index (χ0n) is 18.2. The maximum atomic E-state index is 13.0. The van der Waals surface area contributed by atoms with Crippen molar-refractivity contribution < 1.29 is 13.2 Å². The number of sulfonamides is 1. The smallest absolute Gasteiger partial charge is 0.242 e. The summed E-state index contributed by atoms with van der Waals surface area (Å²) in [6, 6.07) is 9.22. The molecule has 1 fully saturated rings. The van der Waals surface area contributed by atoms with Gasteiger partial charge in [-0.2, -0.15) is 0 Å². The van der Waals surface area contributed by atoms with E-state index in [4.69, 9.17) is 21.3 Å².